The minimum atomic E-state index is 0.366. The minimum Gasteiger partial charge on any atom is -0.497 e. The van der Waals surface area contributed by atoms with Gasteiger partial charge >= 0.3 is 0 Å². The number of hydrogen-bond donors (Lipinski definition) is 0. The van der Waals surface area contributed by atoms with E-state index >= 15 is 0 Å². The van der Waals surface area contributed by atoms with Crippen LogP contribution in [-0.2, 0) is 18.9 Å². The lowest BCUT2D eigenvalue weighted by Crippen LogP contribution is -2.07. The normalized spacial score (nSPS) is 10.5. The summed E-state index contributed by atoms with van der Waals surface area (Å²) in [7, 11) is 1.67. The average Bonchev–Trinajstić information content (AvgIpc) is 3.08. The molecule has 0 fully saturated rings. The Balaban J connectivity index is 1.68. The fourth-order valence-electron chi connectivity index (χ4n) is 2.42. The maximum absolute atomic E-state index is 5.80. The van der Waals surface area contributed by atoms with E-state index in [0.717, 1.165) is 28.2 Å². The Bertz CT molecular complexity index is 849. The van der Waals surface area contributed by atoms with Crippen LogP contribution in [-0.4, -0.2) is 21.9 Å². The van der Waals surface area contributed by atoms with E-state index in [1.807, 2.05) is 59.2 Å². The fraction of sp³-hybridized carbons (Fsp3) is 0.200. The van der Waals surface area contributed by atoms with Gasteiger partial charge in [-0.2, -0.15) is 0 Å². The molecule has 0 spiro atoms. The van der Waals surface area contributed by atoms with Crippen LogP contribution in [0, 0.1) is 0 Å². The first kappa shape index (κ1) is 18.1. The lowest BCUT2D eigenvalue weighted by Gasteiger charge is -2.09. The summed E-state index contributed by atoms with van der Waals surface area (Å²) in [5, 5.41) is 9.46. The summed E-state index contributed by atoms with van der Waals surface area (Å²) in [6.07, 6.45) is 1.84. The molecule has 0 atom stereocenters. The molecule has 3 rings (SSSR count). The molecule has 1 heterocycles. The number of para-hydroxylation sites is 1. The van der Waals surface area contributed by atoms with Gasteiger partial charge in [0.15, 0.2) is 11.0 Å². The average molecular weight is 367 g/mol. The van der Waals surface area contributed by atoms with E-state index in [4.69, 9.17) is 9.47 Å². The van der Waals surface area contributed by atoms with Crippen LogP contribution in [0.15, 0.2) is 72.4 Å². The Hall–Kier alpha value is -2.73. The number of nitrogens with zero attached hydrogens (tertiary/aromatic N) is 3. The molecule has 0 aliphatic heterocycles. The van der Waals surface area contributed by atoms with Gasteiger partial charge in [0.05, 0.1) is 7.11 Å². The van der Waals surface area contributed by atoms with Crippen LogP contribution in [0.3, 0.4) is 0 Å². The summed E-state index contributed by atoms with van der Waals surface area (Å²) in [5.74, 6) is 3.23. The molecule has 134 valence electrons. The Labute approximate surface area is 157 Å². The van der Waals surface area contributed by atoms with Crippen molar-refractivity contribution in [3.05, 3.63) is 78.6 Å². The number of hydrogen-bond acceptors (Lipinski definition) is 5. The largest absolute Gasteiger partial charge is 0.497 e. The molecule has 0 radical (unpaired) electrons. The van der Waals surface area contributed by atoms with Gasteiger partial charge in [0.25, 0.3) is 0 Å². The van der Waals surface area contributed by atoms with Gasteiger partial charge in [0.2, 0.25) is 0 Å². The van der Waals surface area contributed by atoms with Gasteiger partial charge in [0, 0.05) is 12.3 Å². The predicted octanol–water partition coefficient (Wildman–Crippen LogP) is 4.34. The number of allylic oxidation sites excluding steroid dienone is 1. The molecule has 0 amide bonds. The van der Waals surface area contributed by atoms with Gasteiger partial charge in [-0.25, -0.2) is 0 Å². The van der Waals surface area contributed by atoms with Crippen molar-refractivity contribution in [3.8, 4) is 11.5 Å². The molecule has 0 bridgehead atoms. The molecular formula is C20H21N3O2S. The topological polar surface area (TPSA) is 49.2 Å². The third-order valence-corrected chi connectivity index (χ3v) is 4.76. The smallest absolute Gasteiger partial charge is 0.191 e. The number of ether oxygens (including phenoxy) is 2. The molecule has 0 unspecified atom stereocenters. The van der Waals surface area contributed by atoms with Gasteiger partial charge in [-0.1, -0.05) is 48.2 Å². The van der Waals surface area contributed by atoms with Crippen LogP contribution in [0.2, 0.25) is 0 Å². The number of methoxy groups -OCH3 is 1. The monoisotopic (exact) mass is 367 g/mol. The van der Waals surface area contributed by atoms with Gasteiger partial charge in [0.1, 0.15) is 18.1 Å². The zero-order chi connectivity index (χ0) is 18.2. The molecule has 2 aromatic carbocycles. The van der Waals surface area contributed by atoms with Crippen LogP contribution in [0.25, 0.3) is 0 Å². The van der Waals surface area contributed by atoms with Gasteiger partial charge in [-0.15, -0.1) is 16.8 Å². The molecule has 5 nitrogen and oxygen atoms in total. The standard InChI is InChI=1S/C20H21N3O2S/c1-3-12-23-19(14-25-17-9-5-4-6-10-17)21-22-20(23)26-15-16-8-7-11-18(13-16)24-2/h3-11,13H,1,12,14-15H2,2H3. The van der Waals surface area contributed by atoms with Crippen LogP contribution >= 0.6 is 11.8 Å². The molecule has 6 heteroatoms. The molecule has 0 N–H and O–H groups in total. The van der Waals surface area contributed by atoms with E-state index in [1.165, 1.54) is 5.56 Å². The van der Waals surface area contributed by atoms with Crippen molar-refractivity contribution in [2.24, 2.45) is 0 Å². The van der Waals surface area contributed by atoms with Crippen molar-refractivity contribution in [2.75, 3.05) is 7.11 Å². The maximum atomic E-state index is 5.80. The van der Waals surface area contributed by atoms with Crippen molar-refractivity contribution >= 4 is 11.8 Å². The zero-order valence-electron chi connectivity index (χ0n) is 14.7. The lowest BCUT2D eigenvalue weighted by molar-refractivity contribution is 0.289. The Morgan fingerprint density at radius 3 is 2.65 bits per heavy atom. The lowest BCUT2D eigenvalue weighted by atomic mass is 10.2. The molecule has 0 aliphatic rings. The highest BCUT2D eigenvalue weighted by molar-refractivity contribution is 7.98. The van der Waals surface area contributed by atoms with Crippen molar-refractivity contribution in [2.45, 2.75) is 24.1 Å². The van der Waals surface area contributed by atoms with Crippen LogP contribution in [0.5, 0.6) is 11.5 Å². The quantitative estimate of drug-likeness (QED) is 0.416. The SMILES string of the molecule is C=CCn1c(COc2ccccc2)nnc1SCc1cccc(OC)c1. The highest BCUT2D eigenvalue weighted by atomic mass is 32.2. The number of thioether (sulfide) groups is 1. The van der Waals surface area contributed by atoms with Crippen LogP contribution in [0.4, 0.5) is 0 Å². The Morgan fingerprint density at radius 1 is 1.08 bits per heavy atom. The summed E-state index contributed by atoms with van der Waals surface area (Å²) >= 11 is 1.63. The number of benzene rings is 2. The highest BCUT2D eigenvalue weighted by Gasteiger charge is 2.12. The molecule has 3 aromatic rings. The number of rotatable bonds is 9. The van der Waals surface area contributed by atoms with Gasteiger partial charge in [-0.3, -0.25) is 4.57 Å². The third-order valence-electron chi connectivity index (χ3n) is 3.72. The van der Waals surface area contributed by atoms with E-state index in [2.05, 4.69) is 22.8 Å². The molecule has 0 saturated heterocycles. The molecule has 26 heavy (non-hydrogen) atoms. The highest BCUT2D eigenvalue weighted by Crippen LogP contribution is 2.24. The summed E-state index contributed by atoms with van der Waals surface area (Å²) in [6, 6.07) is 17.7. The van der Waals surface area contributed by atoms with E-state index in [0.29, 0.717) is 13.2 Å². The zero-order valence-corrected chi connectivity index (χ0v) is 15.5. The second-order valence-electron chi connectivity index (χ2n) is 5.54. The first-order chi connectivity index (χ1) is 12.8. The predicted molar refractivity (Wildman–Crippen MR) is 104 cm³/mol. The van der Waals surface area contributed by atoms with Crippen molar-refractivity contribution < 1.29 is 9.47 Å². The first-order valence-electron chi connectivity index (χ1n) is 8.26. The van der Waals surface area contributed by atoms with Crippen molar-refractivity contribution in [1.82, 2.24) is 14.8 Å². The summed E-state index contributed by atoms with van der Waals surface area (Å²) in [5.41, 5.74) is 1.17. The summed E-state index contributed by atoms with van der Waals surface area (Å²) < 4.78 is 13.1. The summed E-state index contributed by atoms with van der Waals surface area (Å²) in [6.45, 7) is 4.84. The summed E-state index contributed by atoms with van der Waals surface area (Å²) in [4.78, 5) is 0. The molecule has 0 saturated carbocycles. The van der Waals surface area contributed by atoms with Gasteiger partial charge in [-0.05, 0) is 29.8 Å². The Kier molecular flexibility index (Phi) is 6.33. The van der Waals surface area contributed by atoms with E-state index in [9.17, 15) is 0 Å². The van der Waals surface area contributed by atoms with Gasteiger partial charge < -0.3 is 9.47 Å². The van der Waals surface area contributed by atoms with Crippen LogP contribution < -0.4 is 9.47 Å². The minimum absolute atomic E-state index is 0.366. The molecule has 1 aromatic heterocycles. The second-order valence-corrected chi connectivity index (χ2v) is 6.48. The molecule has 0 aliphatic carbocycles. The number of aromatic nitrogens is 3. The molecular weight excluding hydrogens is 346 g/mol. The Morgan fingerprint density at radius 2 is 1.88 bits per heavy atom. The van der Waals surface area contributed by atoms with Crippen molar-refractivity contribution in [3.63, 3.8) is 0 Å². The third kappa shape index (κ3) is 4.67. The fourth-order valence-corrected chi connectivity index (χ4v) is 3.33. The van der Waals surface area contributed by atoms with E-state index in [-0.39, 0.29) is 0 Å². The van der Waals surface area contributed by atoms with Crippen molar-refractivity contribution in [1.29, 1.82) is 0 Å². The van der Waals surface area contributed by atoms with E-state index < -0.39 is 0 Å². The maximum Gasteiger partial charge on any atom is 0.191 e. The first-order valence-corrected chi connectivity index (χ1v) is 9.25. The van der Waals surface area contributed by atoms with Crippen LogP contribution in [0.1, 0.15) is 11.4 Å². The van der Waals surface area contributed by atoms with E-state index in [1.54, 1.807) is 18.9 Å². The second kappa shape index (κ2) is 9.10.